The molecule has 0 radical (unpaired) electrons. The molecule has 2 aliphatic rings. The van der Waals surface area contributed by atoms with Gasteiger partial charge in [-0.05, 0) is 18.6 Å². The number of amides is 1. The van der Waals surface area contributed by atoms with Crippen LogP contribution in [-0.2, 0) is 14.8 Å². The molecule has 2 fully saturated rings. The average molecular weight is 381 g/mol. The smallest absolute Gasteiger partial charge is 0.277 e. The highest BCUT2D eigenvalue weighted by atomic mass is 32.2. The molecule has 144 valence electrons. The van der Waals surface area contributed by atoms with E-state index in [0.717, 1.165) is 13.1 Å². The van der Waals surface area contributed by atoms with E-state index in [1.165, 1.54) is 15.6 Å². The number of nitrogens with one attached hydrogen (secondary N) is 1. The van der Waals surface area contributed by atoms with Gasteiger partial charge in [0, 0.05) is 38.0 Å². The van der Waals surface area contributed by atoms with Crippen LogP contribution in [-0.4, -0.2) is 69.3 Å². The minimum absolute atomic E-state index is 0.151. The molecule has 3 rings (SSSR count). The second kappa shape index (κ2) is 8.06. The molecule has 1 unspecified atom stereocenters. The maximum Gasteiger partial charge on any atom is 0.277 e. The number of hydrogen-bond acceptors (Lipinski definition) is 3. The molecule has 0 saturated carbocycles. The first-order valence-corrected chi connectivity index (χ1v) is 11.0. The summed E-state index contributed by atoms with van der Waals surface area (Å²) in [6.07, 6.45) is 1.24. The molecule has 3 atom stereocenters. The lowest BCUT2D eigenvalue weighted by molar-refractivity contribution is -0.904. The molecule has 2 heterocycles. The first-order chi connectivity index (χ1) is 12.4. The molecule has 2 aliphatic heterocycles. The van der Waals surface area contributed by atoms with Gasteiger partial charge in [-0.2, -0.15) is 4.31 Å². The van der Waals surface area contributed by atoms with E-state index in [2.05, 4.69) is 13.8 Å². The number of carbonyl (C=O) groups excluding carboxylic acids is 1. The lowest BCUT2D eigenvalue weighted by atomic mass is 9.92. The van der Waals surface area contributed by atoms with Crippen molar-refractivity contribution in [3.63, 3.8) is 0 Å². The molecule has 2 saturated heterocycles. The van der Waals surface area contributed by atoms with Crippen LogP contribution in [0.5, 0.6) is 0 Å². The number of quaternary nitrogens is 1. The molecule has 26 heavy (non-hydrogen) atoms. The van der Waals surface area contributed by atoms with Crippen LogP contribution in [0, 0.1) is 11.8 Å². The lowest BCUT2D eigenvalue weighted by Gasteiger charge is -2.36. The second-order valence-corrected chi connectivity index (χ2v) is 9.82. The quantitative estimate of drug-likeness (QED) is 0.805. The Balaban J connectivity index is 1.54. The van der Waals surface area contributed by atoms with Crippen molar-refractivity contribution in [3.8, 4) is 0 Å². The van der Waals surface area contributed by atoms with Crippen LogP contribution in [0.25, 0.3) is 0 Å². The Morgan fingerprint density at radius 1 is 1.04 bits per heavy atom. The standard InChI is InChI=1S/C19H29N3O3S/c1-16-12-17(2)14-20(13-16)15-19(23)21-8-10-22(11-9-21)26(24,25)18-6-4-3-5-7-18/h3-7,16-17H,8-15H2,1-2H3/p+1/t16-,17+. The van der Waals surface area contributed by atoms with Crippen molar-refractivity contribution in [1.29, 1.82) is 0 Å². The highest BCUT2D eigenvalue weighted by Gasteiger charge is 2.32. The van der Waals surface area contributed by atoms with Crippen LogP contribution < -0.4 is 4.90 Å². The zero-order valence-corrected chi connectivity index (χ0v) is 16.5. The fraction of sp³-hybridized carbons (Fsp3) is 0.632. The van der Waals surface area contributed by atoms with E-state index in [1.54, 1.807) is 30.3 Å². The summed E-state index contributed by atoms with van der Waals surface area (Å²) < 4.78 is 26.8. The highest BCUT2D eigenvalue weighted by molar-refractivity contribution is 7.89. The van der Waals surface area contributed by atoms with Gasteiger partial charge in [0.25, 0.3) is 5.91 Å². The zero-order valence-electron chi connectivity index (χ0n) is 15.7. The Hall–Kier alpha value is -1.44. The minimum Gasteiger partial charge on any atom is -0.335 e. The molecular formula is C19H30N3O3S+. The number of likely N-dealkylation sites (tertiary alicyclic amines) is 1. The number of piperidine rings is 1. The Kier molecular flexibility index (Phi) is 5.99. The van der Waals surface area contributed by atoms with E-state index >= 15 is 0 Å². The summed E-state index contributed by atoms with van der Waals surface area (Å²) in [4.78, 5) is 16.2. The predicted octanol–water partition coefficient (Wildman–Crippen LogP) is 0.0803. The van der Waals surface area contributed by atoms with Gasteiger partial charge < -0.3 is 9.80 Å². The van der Waals surface area contributed by atoms with Gasteiger partial charge >= 0.3 is 0 Å². The van der Waals surface area contributed by atoms with Crippen molar-refractivity contribution in [2.75, 3.05) is 45.8 Å². The van der Waals surface area contributed by atoms with Crippen LogP contribution in [0.2, 0.25) is 0 Å². The first kappa shape index (κ1) is 19.3. The number of benzene rings is 1. The molecule has 1 N–H and O–H groups in total. The third-order valence-corrected chi connectivity index (χ3v) is 7.37. The maximum absolute atomic E-state index is 12.7. The summed E-state index contributed by atoms with van der Waals surface area (Å²) in [6.45, 7) is 8.83. The second-order valence-electron chi connectivity index (χ2n) is 7.88. The Morgan fingerprint density at radius 2 is 1.62 bits per heavy atom. The maximum atomic E-state index is 12.7. The molecule has 6 nitrogen and oxygen atoms in total. The van der Waals surface area contributed by atoms with Gasteiger partial charge in [-0.1, -0.05) is 32.0 Å². The molecule has 0 aliphatic carbocycles. The monoisotopic (exact) mass is 380 g/mol. The average Bonchev–Trinajstić information content (AvgIpc) is 2.61. The van der Waals surface area contributed by atoms with E-state index in [-0.39, 0.29) is 5.91 Å². The van der Waals surface area contributed by atoms with Gasteiger partial charge in [0.15, 0.2) is 6.54 Å². The van der Waals surface area contributed by atoms with Crippen molar-refractivity contribution in [1.82, 2.24) is 9.21 Å². The summed E-state index contributed by atoms with van der Waals surface area (Å²) in [5.41, 5.74) is 0. The number of sulfonamides is 1. The number of carbonyl (C=O) groups is 1. The van der Waals surface area contributed by atoms with Crippen molar-refractivity contribution >= 4 is 15.9 Å². The fourth-order valence-electron chi connectivity index (χ4n) is 4.31. The zero-order chi connectivity index (χ0) is 18.7. The van der Waals surface area contributed by atoms with Gasteiger partial charge in [-0.25, -0.2) is 8.42 Å². The van der Waals surface area contributed by atoms with Crippen LogP contribution in [0.1, 0.15) is 20.3 Å². The molecule has 1 aromatic rings. The van der Waals surface area contributed by atoms with E-state index in [0.29, 0.717) is 49.5 Å². The summed E-state index contributed by atoms with van der Waals surface area (Å²) in [6, 6.07) is 8.51. The van der Waals surface area contributed by atoms with Crippen LogP contribution in [0.15, 0.2) is 35.2 Å². The summed E-state index contributed by atoms with van der Waals surface area (Å²) >= 11 is 0. The van der Waals surface area contributed by atoms with Crippen molar-refractivity contribution in [3.05, 3.63) is 30.3 Å². The van der Waals surface area contributed by atoms with Gasteiger partial charge in [0.2, 0.25) is 10.0 Å². The Labute approximate surface area is 156 Å². The summed E-state index contributed by atoms with van der Waals surface area (Å²) in [7, 11) is -3.46. The minimum atomic E-state index is -3.46. The van der Waals surface area contributed by atoms with Gasteiger partial charge in [0.1, 0.15) is 0 Å². The van der Waals surface area contributed by atoms with Crippen LogP contribution >= 0.6 is 0 Å². The Morgan fingerprint density at radius 3 is 2.19 bits per heavy atom. The molecule has 7 heteroatoms. The molecule has 0 bridgehead atoms. The first-order valence-electron chi connectivity index (χ1n) is 9.53. The Bertz CT molecular complexity index is 705. The van der Waals surface area contributed by atoms with E-state index < -0.39 is 10.0 Å². The summed E-state index contributed by atoms with van der Waals surface area (Å²) in [5.74, 6) is 1.47. The van der Waals surface area contributed by atoms with Crippen molar-refractivity contribution in [2.24, 2.45) is 11.8 Å². The molecule has 0 spiro atoms. The van der Waals surface area contributed by atoms with E-state index in [1.807, 2.05) is 4.90 Å². The normalized spacial score (nSPS) is 28.1. The predicted molar refractivity (Wildman–Crippen MR) is 100 cm³/mol. The SMILES string of the molecule is C[C@@H]1C[C@H](C)C[NH+](CC(=O)N2CCN(S(=O)(=O)c3ccccc3)CC2)C1. The van der Waals surface area contributed by atoms with E-state index in [4.69, 9.17) is 0 Å². The van der Waals surface area contributed by atoms with E-state index in [9.17, 15) is 13.2 Å². The van der Waals surface area contributed by atoms with Gasteiger partial charge in [-0.15, -0.1) is 0 Å². The molecular weight excluding hydrogens is 350 g/mol. The third-order valence-electron chi connectivity index (χ3n) is 5.45. The number of hydrogen-bond donors (Lipinski definition) is 1. The lowest BCUT2D eigenvalue weighted by Crippen LogP contribution is -3.15. The van der Waals surface area contributed by atoms with Gasteiger partial charge in [0.05, 0.1) is 18.0 Å². The fourth-order valence-corrected chi connectivity index (χ4v) is 5.76. The van der Waals surface area contributed by atoms with Crippen LogP contribution in [0.3, 0.4) is 0 Å². The molecule has 1 aromatic carbocycles. The highest BCUT2D eigenvalue weighted by Crippen LogP contribution is 2.17. The molecule has 0 aromatic heterocycles. The summed E-state index contributed by atoms with van der Waals surface area (Å²) in [5, 5.41) is 0. The number of piperazine rings is 1. The topological polar surface area (TPSA) is 62.1 Å². The number of rotatable bonds is 4. The largest absolute Gasteiger partial charge is 0.335 e. The molecule has 1 amide bonds. The third kappa shape index (κ3) is 4.45. The van der Waals surface area contributed by atoms with Crippen molar-refractivity contribution < 1.29 is 18.1 Å². The van der Waals surface area contributed by atoms with Gasteiger partial charge in [-0.3, -0.25) is 4.79 Å². The van der Waals surface area contributed by atoms with Crippen molar-refractivity contribution in [2.45, 2.75) is 25.2 Å². The number of nitrogens with zero attached hydrogens (tertiary/aromatic N) is 2. The van der Waals surface area contributed by atoms with Crippen LogP contribution in [0.4, 0.5) is 0 Å².